The van der Waals surface area contributed by atoms with Crippen LogP contribution < -0.4 is 10.6 Å². The summed E-state index contributed by atoms with van der Waals surface area (Å²) in [4.78, 5) is 26.2. The molecule has 1 aliphatic rings. The van der Waals surface area contributed by atoms with Gasteiger partial charge in [-0.15, -0.1) is 11.3 Å². The van der Waals surface area contributed by atoms with E-state index >= 15 is 0 Å². The molecule has 1 aromatic rings. The first kappa shape index (κ1) is 15.6. The van der Waals surface area contributed by atoms with Crippen LogP contribution in [0.5, 0.6) is 0 Å². The number of anilines is 2. The third-order valence-electron chi connectivity index (χ3n) is 3.84. The minimum atomic E-state index is -0.528. The van der Waals surface area contributed by atoms with Crippen molar-refractivity contribution in [3.05, 3.63) is 10.4 Å². The van der Waals surface area contributed by atoms with Crippen LogP contribution in [-0.4, -0.2) is 39.2 Å². The fourth-order valence-corrected chi connectivity index (χ4v) is 3.71. The van der Waals surface area contributed by atoms with E-state index < -0.39 is 11.9 Å². The Kier molecular flexibility index (Phi) is 4.72. The highest BCUT2D eigenvalue weighted by Gasteiger charge is 2.32. The van der Waals surface area contributed by atoms with Crippen LogP contribution in [0.1, 0.15) is 39.8 Å². The van der Waals surface area contributed by atoms with Crippen LogP contribution in [0.2, 0.25) is 0 Å². The second-order valence-electron chi connectivity index (χ2n) is 5.02. The summed E-state index contributed by atoms with van der Waals surface area (Å²) in [6, 6.07) is 0. The first-order valence-electron chi connectivity index (χ1n) is 6.87. The fraction of sp³-hybridized carbons (Fsp3) is 0.571. The molecule has 2 rings (SSSR count). The highest BCUT2D eigenvalue weighted by Crippen LogP contribution is 2.41. The molecule has 0 aromatic carbocycles. The number of nitrogens with two attached hydrogens (primary N) is 1. The van der Waals surface area contributed by atoms with E-state index in [1.54, 1.807) is 0 Å². The summed E-state index contributed by atoms with van der Waals surface area (Å²) in [6.45, 7) is 3.86. The lowest BCUT2D eigenvalue weighted by Gasteiger charge is -2.17. The number of nitrogens with zero attached hydrogens (tertiary/aromatic N) is 1. The molecule has 2 N–H and O–H groups in total. The van der Waals surface area contributed by atoms with Crippen molar-refractivity contribution < 1.29 is 19.1 Å². The first-order valence-corrected chi connectivity index (χ1v) is 7.68. The van der Waals surface area contributed by atoms with Gasteiger partial charge in [0.15, 0.2) is 0 Å². The highest BCUT2D eigenvalue weighted by molar-refractivity contribution is 7.19. The Labute approximate surface area is 127 Å². The standard InChI is InChI=1S/C14H20N2O4S/c1-4-8-5-6-16(7-8)12-9(13(17)19-2)10(15)11(21-12)14(18)20-3/h8H,4-7,15H2,1-3H3. The predicted molar refractivity (Wildman–Crippen MR) is 82.0 cm³/mol. The zero-order valence-electron chi connectivity index (χ0n) is 12.5. The number of carbonyl (C=O) groups excluding carboxylic acids is 2. The van der Waals surface area contributed by atoms with E-state index in [4.69, 9.17) is 15.2 Å². The van der Waals surface area contributed by atoms with Gasteiger partial charge in [-0.2, -0.15) is 0 Å². The summed E-state index contributed by atoms with van der Waals surface area (Å²) < 4.78 is 9.53. The molecule has 0 bridgehead atoms. The number of methoxy groups -OCH3 is 2. The van der Waals surface area contributed by atoms with E-state index in [9.17, 15) is 9.59 Å². The lowest BCUT2D eigenvalue weighted by Crippen LogP contribution is -2.21. The summed E-state index contributed by atoms with van der Waals surface area (Å²) in [6.07, 6.45) is 2.16. The Bertz CT molecular complexity index is 555. The van der Waals surface area contributed by atoms with Crippen LogP contribution in [0, 0.1) is 5.92 Å². The average molecular weight is 312 g/mol. The topological polar surface area (TPSA) is 81.9 Å². The molecule has 0 radical (unpaired) electrons. The summed E-state index contributed by atoms with van der Waals surface area (Å²) in [5, 5.41) is 0.704. The molecule has 2 heterocycles. The second-order valence-corrected chi connectivity index (χ2v) is 6.02. The SMILES string of the molecule is CCC1CCN(c2sc(C(=O)OC)c(N)c2C(=O)OC)C1. The average Bonchev–Trinajstić information content (AvgIpc) is 3.09. The van der Waals surface area contributed by atoms with Gasteiger partial charge in [-0.25, -0.2) is 9.59 Å². The summed E-state index contributed by atoms with van der Waals surface area (Å²) >= 11 is 1.20. The Balaban J connectivity index is 2.44. The number of ether oxygens (including phenoxy) is 2. The maximum Gasteiger partial charge on any atom is 0.350 e. The van der Waals surface area contributed by atoms with Crippen molar-refractivity contribution in [3.8, 4) is 0 Å². The van der Waals surface area contributed by atoms with Crippen molar-refractivity contribution in [2.24, 2.45) is 5.92 Å². The Hall–Kier alpha value is -1.76. The lowest BCUT2D eigenvalue weighted by molar-refractivity contribution is 0.0602. The van der Waals surface area contributed by atoms with E-state index in [1.807, 2.05) is 0 Å². The van der Waals surface area contributed by atoms with E-state index in [2.05, 4.69) is 11.8 Å². The molecule has 1 unspecified atom stereocenters. The maximum absolute atomic E-state index is 12.0. The van der Waals surface area contributed by atoms with E-state index in [1.165, 1.54) is 25.6 Å². The fourth-order valence-electron chi connectivity index (χ4n) is 2.55. The molecular weight excluding hydrogens is 292 g/mol. The zero-order valence-corrected chi connectivity index (χ0v) is 13.3. The van der Waals surface area contributed by atoms with Crippen LogP contribution in [0.15, 0.2) is 0 Å². The quantitative estimate of drug-likeness (QED) is 0.858. The number of hydrogen-bond donors (Lipinski definition) is 1. The van der Waals surface area contributed by atoms with E-state index in [-0.39, 0.29) is 16.1 Å². The lowest BCUT2D eigenvalue weighted by atomic mass is 10.1. The molecule has 21 heavy (non-hydrogen) atoms. The van der Waals surface area contributed by atoms with Crippen molar-refractivity contribution in [2.45, 2.75) is 19.8 Å². The Morgan fingerprint density at radius 1 is 1.33 bits per heavy atom. The van der Waals surface area contributed by atoms with Gasteiger partial charge in [0.25, 0.3) is 0 Å². The molecule has 1 saturated heterocycles. The van der Waals surface area contributed by atoms with Crippen LogP contribution in [0.25, 0.3) is 0 Å². The van der Waals surface area contributed by atoms with Gasteiger partial charge in [0, 0.05) is 13.1 Å². The van der Waals surface area contributed by atoms with Crippen molar-refractivity contribution >= 4 is 34.0 Å². The molecule has 116 valence electrons. The summed E-state index contributed by atoms with van der Waals surface area (Å²) in [7, 11) is 2.60. The normalized spacial score (nSPS) is 17.9. The van der Waals surface area contributed by atoms with E-state index in [0.29, 0.717) is 10.9 Å². The monoisotopic (exact) mass is 312 g/mol. The molecule has 0 amide bonds. The number of esters is 2. The van der Waals surface area contributed by atoms with E-state index in [0.717, 1.165) is 25.9 Å². The van der Waals surface area contributed by atoms with Crippen molar-refractivity contribution in [2.75, 3.05) is 37.9 Å². The highest BCUT2D eigenvalue weighted by atomic mass is 32.1. The molecule has 1 atom stereocenters. The molecule has 0 spiro atoms. The third kappa shape index (κ3) is 2.83. The molecule has 0 saturated carbocycles. The van der Waals surface area contributed by atoms with Gasteiger partial charge < -0.3 is 20.1 Å². The van der Waals surface area contributed by atoms with Gasteiger partial charge in [-0.3, -0.25) is 0 Å². The third-order valence-corrected chi connectivity index (χ3v) is 5.08. The second kappa shape index (κ2) is 6.34. The minimum Gasteiger partial charge on any atom is -0.465 e. The molecule has 1 aromatic heterocycles. The van der Waals surface area contributed by atoms with Gasteiger partial charge in [0.1, 0.15) is 15.4 Å². The van der Waals surface area contributed by atoms with Crippen LogP contribution in [0.3, 0.4) is 0 Å². The molecular formula is C14H20N2O4S. The Morgan fingerprint density at radius 2 is 2.00 bits per heavy atom. The molecule has 0 aliphatic carbocycles. The van der Waals surface area contributed by atoms with Crippen molar-refractivity contribution in [1.29, 1.82) is 0 Å². The minimum absolute atomic E-state index is 0.147. The molecule has 1 aliphatic heterocycles. The zero-order chi connectivity index (χ0) is 15.6. The van der Waals surface area contributed by atoms with Gasteiger partial charge in [-0.05, 0) is 12.3 Å². The number of nitrogen functional groups attached to an aromatic ring is 1. The largest absolute Gasteiger partial charge is 0.465 e. The van der Waals surface area contributed by atoms with Gasteiger partial charge in [0.05, 0.1) is 19.9 Å². The number of carbonyl (C=O) groups is 2. The van der Waals surface area contributed by atoms with Crippen LogP contribution in [0.4, 0.5) is 10.7 Å². The summed E-state index contributed by atoms with van der Waals surface area (Å²) in [5.41, 5.74) is 6.40. The molecule has 1 fully saturated rings. The maximum atomic E-state index is 12.0. The summed E-state index contributed by atoms with van der Waals surface area (Å²) in [5.74, 6) is -0.450. The van der Waals surface area contributed by atoms with Gasteiger partial charge >= 0.3 is 11.9 Å². The first-order chi connectivity index (χ1) is 10.0. The number of hydrogen-bond acceptors (Lipinski definition) is 7. The smallest absolute Gasteiger partial charge is 0.350 e. The molecule has 6 nitrogen and oxygen atoms in total. The molecule has 7 heteroatoms. The Morgan fingerprint density at radius 3 is 2.52 bits per heavy atom. The number of rotatable bonds is 4. The van der Waals surface area contributed by atoms with Gasteiger partial charge in [0.2, 0.25) is 0 Å². The van der Waals surface area contributed by atoms with Gasteiger partial charge in [-0.1, -0.05) is 13.3 Å². The van der Waals surface area contributed by atoms with Crippen molar-refractivity contribution in [1.82, 2.24) is 0 Å². The number of thiophene rings is 1. The van der Waals surface area contributed by atoms with Crippen LogP contribution in [-0.2, 0) is 9.47 Å². The van der Waals surface area contributed by atoms with Crippen molar-refractivity contribution in [3.63, 3.8) is 0 Å². The predicted octanol–water partition coefficient (Wildman–Crippen LogP) is 2.14. The van der Waals surface area contributed by atoms with Crippen LogP contribution >= 0.6 is 11.3 Å².